The minimum Gasteiger partial charge on any atom is -0.399 e. The Morgan fingerprint density at radius 2 is 2.00 bits per heavy atom. The Morgan fingerprint density at radius 1 is 1.40 bits per heavy atom. The number of hydrogen-bond acceptors (Lipinski definition) is 3. The fraction of sp³-hybridized carbons (Fsp3) is 0.364. The first-order chi connectivity index (χ1) is 7.19. The molecule has 0 saturated carbocycles. The van der Waals surface area contributed by atoms with Gasteiger partial charge in [0.1, 0.15) is 0 Å². The van der Waals surface area contributed by atoms with Crippen molar-refractivity contribution in [2.45, 2.75) is 6.92 Å². The van der Waals surface area contributed by atoms with E-state index >= 15 is 0 Å². The quantitative estimate of drug-likeness (QED) is 0.795. The van der Waals surface area contributed by atoms with Crippen molar-refractivity contribution >= 4 is 29.0 Å². The van der Waals surface area contributed by atoms with Crippen molar-refractivity contribution in [2.75, 3.05) is 29.2 Å². The van der Waals surface area contributed by atoms with E-state index in [0.717, 1.165) is 5.69 Å². The standard InChI is InChI=1S/C11H16N2OS/c1-3-13(11(14)8-15-2)10-6-4-9(12)5-7-10/h4-7H,3,8,12H2,1-2H3. The molecule has 1 aromatic carbocycles. The van der Waals surface area contributed by atoms with Gasteiger partial charge in [-0.3, -0.25) is 4.79 Å². The first-order valence-electron chi connectivity index (χ1n) is 4.84. The number of benzene rings is 1. The predicted molar refractivity (Wildman–Crippen MR) is 67.3 cm³/mol. The van der Waals surface area contributed by atoms with E-state index in [-0.39, 0.29) is 5.91 Å². The topological polar surface area (TPSA) is 46.3 Å². The van der Waals surface area contributed by atoms with Gasteiger partial charge >= 0.3 is 0 Å². The molecule has 0 saturated heterocycles. The summed E-state index contributed by atoms with van der Waals surface area (Å²) >= 11 is 1.54. The number of hydrogen-bond donors (Lipinski definition) is 1. The highest BCUT2D eigenvalue weighted by molar-refractivity contribution is 7.99. The molecule has 0 aliphatic rings. The fourth-order valence-electron chi connectivity index (χ4n) is 1.36. The van der Waals surface area contributed by atoms with Gasteiger partial charge < -0.3 is 10.6 Å². The zero-order valence-corrected chi connectivity index (χ0v) is 9.88. The van der Waals surface area contributed by atoms with Gasteiger partial charge in [0, 0.05) is 17.9 Å². The molecule has 0 fully saturated rings. The van der Waals surface area contributed by atoms with Crippen LogP contribution in [0, 0.1) is 0 Å². The van der Waals surface area contributed by atoms with Crippen LogP contribution in [0.5, 0.6) is 0 Å². The molecule has 3 nitrogen and oxygen atoms in total. The number of anilines is 2. The van der Waals surface area contributed by atoms with Gasteiger partial charge in [0.15, 0.2) is 0 Å². The maximum absolute atomic E-state index is 11.7. The molecule has 0 aliphatic heterocycles. The highest BCUT2D eigenvalue weighted by Crippen LogP contribution is 2.17. The number of amides is 1. The molecule has 0 spiro atoms. The van der Waals surface area contributed by atoms with Crippen LogP contribution in [0.1, 0.15) is 6.92 Å². The van der Waals surface area contributed by atoms with Crippen LogP contribution in [0.4, 0.5) is 11.4 Å². The van der Waals surface area contributed by atoms with Crippen LogP contribution < -0.4 is 10.6 Å². The molecule has 0 radical (unpaired) electrons. The van der Waals surface area contributed by atoms with Gasteiger partial charge in [-0.2, -0.15) is 11.8 Å². The molecule has 0 aliphatic carbocycles. The number of rotatable bonds is 4. The Bertz CT molecular complexity index is 324. The second-order valence-corrected chi connectivity index (χ2v) is 4.03. The molecule has 15 heavy (non-hydrogen) atoms. The predicted octanol–water partition coefficient (Wildman–Crippen LogP) is 1.98. The van der Waals surface area contributed by atoms with Gasteiger partial charge in [0.25, 0.3) is 0 Å². The third-order valence-corrected chi connectivity index (χ3v) is 2.63. The molecule has 82 valence electrons. The zero-order valence-electron chi connectivity index (χ0n) is 9.06. The summed E-state index contributed by atoms with van der Waals surface area (Å²) in [6.07, 6.45) is 1.93. The molecule has 0 atom stereocenters. The molecular weight excluding hydrogens is 208 g/mol. The van der Waals surface area contributed by atoms with Crippen molar-refractivity contribution in [1.82, 2.24) is 0 Å². The summed E-state index contributed by atoms with van der Waals surface area (Å²) in [6.45, 7) is 2.65. The second kappa shape index (κ2) is 5.66. The van der Waals surface area contributed by atoms with E-state index in [1.54, 1.807) is 4.90 Å². The maximum Gasteiger partial charge on any atom is 0.236 e. The Balaban J connectivity index is 2.82. The Kier molecular flexibility index (Phi) is 4.49. The summed E-state index contributed by atoms with van der Waals surface area (Å²) in [4.78, 5) is 13.5. The van der Waals surface area contributed by atoms with E-state index in [0.29, 0.717) is 18.0 Å². The maximum atomic E-state index is 11.7. The van der Waals surface area contributed by atoms with Crippen LogP contribution in [0.25, 0.3) is 0 Å². The van der Waals surface area contributed by atoms with Gasteiger partial charge in [-0.1, -0.05) is 0 Å². The SMILES string of the molecule is CCN(C(=O)CSC)c1ccc(N)cc1. The van der Waals surface area contributed by atoms with Crippen molar-refractivity contribution in [3.63, 3.8) is 0 Å². The van der Waals surface area contributed by atoms with Crippen molar-refractivity contribution < 1.29 is 4.79 Å². The minimum atomic E-state index is 0.134. The summed E-state index contributed by atoms with van der Waals surface area (Å²) in [7, 11) is 0. The van der Waals surface area contributed by atoms with Gasteiger partial charge in [-0.15, -0.1) is 0 Å². The van der Waals surface area contributed by atoms with Crippen molar-refractivity contribution in [2.24, 2.45) is 0 Å². The average Bonchev–Trinajstić information content (AvgIpc) is 2.22. The van der Waals surface area contributed by atoms with Crippen LogP contribution in [0.3, 0.4) is 0 Å². The van der Waals surface area contributed by atoms with Crippen molar-refractivity contribution in [3.05, 3.63) is 24.3 Å². The molecule has 0 bridgehead atoms. The molecule has 0 aromatic heterocycles. The molecule has 0 unspecified atom stereocenters. The third-order valence-electron chi connectivity index (χ3n) is 2.09. The lowest BCUT2D eigenvalue weighted by molar-refractivity contribution is -0.116. The summed E-state index contributed by atoms with van der Waals surface area (Å²) in [5.74, 6) is 0.646. The molecule has 1 amide bonds. The van der Waals surface area contributed by atoms with E-state index in [9.17, 15) is 4.79 Å². The van der Waals surface area contributed by atoms with E-state index in [4.69, 9.17) is 5.73 Å². The molecule has 1 aromatic rings. The van der Waals surface area contributed by atoms with Crippen molar-refractivity contribution in [3.8, 4) is 0 Å². The van der Waals surface area contributed by atoms with E-state index in [1.165, 1.54) is 11.8 Å². The first-order valence-corrected chi connectivity index (χ1v) is 6.23. The molecule has 4 heteroatoms. The summed E-state index contributed by atoms with van der Waals surface area (Å²) in [5, 5.41) is 0. The number of nitrogens with zero attached hydrogens (tertiary/aromatic N) is 1. The van der Waals surface area contributed by atoms with E-state index in [2.05, 4.69) is 0 Å². The highest BCUT2D eigenvalue weighted by Gasteiger charge is 2.12. The summed E-state index contributed by atoms with van der Waals surface area (Å²) in [6, 6.07) is 7.36. The van der Waals surface area contributed by atoms with Crippen LogP contribution in [0.2, 0.25) is 0 Å². The Labute approximate surface area is 94.6 Å². The minimum absolute atomic E-state index is 0.134. The lowest BCUT2D eigenvalue weighted by Gasteiger charge is -2.20. The fourth-order valence-corrected chi connectivity index (χ4v) is 1.76. The lowest BCUT2D eigenvalue weighted by atomic mass is 10.2. The normalized spacial score (nSPS) is 10.0. The highest BCUT2D eigenvalue weighted by atomic mass is 32.2. The Hall–Kier alpha value is -1.16. The van der Waals surface area contributed by atoms with Crippen LogP contribution in [-0.4, -0.2) is 24.5 Å². The van der Waals surface area contributed by atoms with Crippen molar-refractivity contribution in [1.29, 1.82) is 0 Å². The third kappa shape index (κ3) is 3.16. The first kappa shape index (κ1) is 11.9. The Morgan fingerprint density at radius 3 is 2.47 bits per heavy atom. The average molecular weight is 224 g/mol. The van der Waals surface area contributed by atoms with Crippen LogP contribution >= 0.6 is 11.8 Å². The van der Waals surface area contributed by atoms with Gasteiger partial charge in [0.2, 0.25) is 5.91 Å². The molecular formula is C11H16N2OS. The monoisotopic (exact) mass is 224 g/mol. The summed E-state index contributed by atoms with van der Waals surface area (Å²) in [5.41, 5.74) is 7.22. The zero-order chi connectivity index (χ0) is 11.3. The number of nitrogen functional groups attached to an aromatic ring is 1. The van der Waals surface area contributed by atoms with E-state index in [1.807, 2.05) is 37.4 Å². The summed E-state index contributed by atoms with van der Waals surface area (Å²) < 4.78 is 0. The smallest absolute Gasteiger partial charge is 0.236 e. The molecule has 2 N–H and O–H groups in total. The largest absolute Gasteiger partial charge is 0.399 e. The number of carbonyl (C=O) groups excluding carboxylic acids is 1. The lowest BCUT2D eigenvalue weighted by Crippen LogP contribution is -2.31. The number of nitrogens with two attached hydrogens (primary N) is 1. The number of thioether (sulfide) groups is 1. The van der Waals surface area contributed by atoms with Crippen LogP contribution in [-0.2, 0) is 4.79 Å². The van der Waals surface area contributed by atoms with E-state index < -0.39 is 0 Å². The number of carbonyl (C=O) groups is 1. The van der Waals surface area contributed by atoms with Gasteiger partial charge in [0.05, 0.1) is 5.75 Å². The van der Waals surface area contributed by atoms with Crippen LogP contribution in [0.15, 0.2) is 24.3 Å². The van der Waals surface area contributed by atoms with Gasteiger partial charge in [-0.05, 0) is 37.4 Å². The molecule has 0 heterocycles. The van der Waals surface area contributed by atoms with Gasteiger partial charge in [-0.25, -0.2) is 0 Å². The molecule has 1 rings (SSSR count). The second-order valence-electron chi connectivity index (χ2n) is 3.16.